The van der Waals surface area contributed by atoms with Crippen molar-refractivity contribution in [3.8, 4) is 16.9 Å². The number of Topliss-reactive ketones (excluding diaryl/α,β-unsaturated/α-hetero) is 1. The first-order chi connectivity index (χ1) is 16.0. The molecular formula is C25H28N4O4S. The molecule has 2 aromatic carbocycles. The maximum atomic E-state index is 12.7. The lowest BCUT2D eigenvalue weighted by molar-refractivity contribution is -0.117. The standard InChI is InChI=1S/C25H28N4O4S/c1-5-23(30)19-13-22(16-6-11-20-21(12-16)27-24(31)14-25(20,3)4)29(15(19)2)17-7-9-18(10-8-17)34(32,33)28-26/h6-13,28H,5,14,26H2,1-4H3,(H,27,31). The van der Waals surface area contributed by atoms with Crippen LogP contribution in [0.5, 0.6) is 0 Å². The predicted octanol–water partition coefficient (Wildman–Crippen LogP) is 3.82. The van der Waals surface area contributed by atoms with Gasteiger partial charge in [0.15, 0.2) is 5.78 Å². The van der Waals surface area contributed by atoms with Gasteiger partial charge in [0.1, 0.15) is 0 Å². The fourth-order valence-electron chi connectivity index (χ4n) is 4.56. The zero-order valence-corrected chi connectivity index (χ0v) is 20.4. The fraction of sp³-hybridized carbons (Fsp3) is 0.280. The molecule has 0 saturated carbocycles. The van der Waals surface area contributed by atoms with Crippen molar-refractivity contribution in [2.45, 2.75) is 50.8 Å². The zero-order valence-electron chi connectivity index (χ0n) is 19.6. The summed E-state index contributed by atoms with van der Waals surface area (Å²) in [7, 11) is -3.78. The second kappa shape index (κ2) is 8.50. The molecule has 0 fully saturated rings. The monoisotopic (exact) mass is 480 g/mol. The Labute approximate surface area is 199 Å². The molecule has 1 amide bonds. The first-order valence-electron chi connectivity index (χ1n) is 11.0. The van der Waals surface area contributed by atoms with Crippen LogP contribution in [-0.4, -0.2) is 24.7 Å². The Bertz CT molecular complexity index is 1400. The molecule has 1 aliphatic heterocycles. The van der Waals surface area contributed by atoms with Gasteiger partial charge in [0.05, 0.1) is 10.6 Å². The smallest absolute Gasteiger partial charge is 0.253 e. The minimum atomic E-state index is -3.78. The molecule has 8 nitrogen and oxygen atoms in total. The molecule has 0 aliphatic carbocycles. The molecule has 0 bridgehead atoms. The molecule has 1 aliphatic rings. The topological polar surface area (TPSA) is 123 Å². The van der Waals surface area contributed by atoms with Crippen LogP contribution in [0.15, 0.2) is 53.4 Å². The van der Waals surface area contributed by atoms with Crippen LogP contribution in [0.25, 0.3) is 16.9 Å². The number of nitrogens with two attached hydrogens (primary N) is 1. The Hall–Kier alpha value is -3.27. The molecular weight excluding hydrogens is 452 g/mol. The number of amides is 1. The number of sulfonamides is 1. The van der Waals surface area contributed by atoms with E-state index in [9.17, 15) is 18.0 Å². The number of fused-ring (bicyclic) bond motifs is 1. The number of hydrazine groups is 1. The molecule has 0 unspecified atom stereocenters. The van der Waals surface area contributed by atoms with E-state index in [-0.39, 0.29) is 22.0 Å². The molecule has 1 aromatic heterocycles. The van der Waals surface area contributed by atoms with Crippen molar-refractivity contribution >= 4 is 27.4 Å². The number of benzene rings is 2. The van der Waals surface area contributed by atoms with Gasteiger partial charge in [-0.3, -0.25) is 15.4 Å². The van der Waals surface area contributed by atoms with Gasteiger partial charge in [-0.2, -0.15) is 4.83 Å². The Morgan fingerprint density at radius 3 is 2.44 bits per heavy atom. The van der Waals surface area contributed by atoms with Crippen LogP contribution < -0.4 is 16.0 Å². The van der Waals surface area contributed by atoms with Crippen LogP contribution in [0.1, 0.15) is 55.2 Å². The highest BCUT2D eigenvalue weighted by atomic mass is 32.2. The van der Waals surface area contributed by atoms with Crippen molar-refractivity contribution in [2.75, 3.05) is 5.32 Å². The number of rotatable bonds is 6. The largest absolute Gasteiger partial charge is 0.326 e. The summed E-state index contributed by atoms with van der Waals surface area (Å²) in [6, 6.07) is 14.0. The SMILES string of the molecule is CCC(=O)c1cc(-c2ccc3c(c2)NC(=O)CC3(C)C)n(-c2ccc(S(=O)(=O)NN)cc2)c1C. The fourth-order valence-corrected chi connectivity index (χ4v) is 5.19. The normalized spacial score (nSPS) is 15.0. The lowest BCUT2D eigenvalue weighted by Gasteiger charge is -2.32. The number of carbonyl (C=O) groups excluding carboxylic acids is 2. The predicted molar refractivity (Wildman–Crippen MR) is 131 cm³/mol. The lowest BCUT2D eigenvalue weighted by Crippen LogP contribution is -2.32. The van der Waals surface area contributed by atoms with Crippen LogP contribution in [0.3, 0.4) is 0 Å². The minimum absolute atomic E-state index is 0.0106. The number of ketones is 1. The van der Waals surface area contributed by atoms with Crippen LogP contribution in [0.4, 0.5) is 5.69 Å². The summed E-state index contributed by atoms with van der Waals surface area (Å²) in [6.45, 7) is 7.76. The van der Waals surface area contributed by atoms with Crippen LogP contribution in [0.2, 0.25) is 0 Å². The van der Waals surface area contributed by atoms with Crippen LogP contribution in [0, 0.1) is 6.92 Å². The van der Waals surface area contributed by atoms with Gasteiger partial charge in [-0.15, -0.1) is 0 Å². The molecule has 0 saturated heterocycles. The molecule has 178 valence electrons. The Kier molecular flexibility index (Phi) is 5.97. The second-order valence-electron chi connectivity index (χ2n) is 9.13. The van der Waals surface area contributed by atoms with Gasteiger partial charge in [0, 0.05) is 46.5 Å². The number of aromatic nitrogens is 1. The van der Waals surface area contributed by atoms with Gasteiger partial charge < -0.3 is 9.88 Å². The van der Waals surface area contributed by atoms with Crippen molar-refractivity contribution in [2.24, 2.45) is 5.84 Å². The van der Waals surface area contributed by atoms with Crippen molar-refractivity contribution in [1.29, 1.82) is 0 Å². The third kappa shape index (κ3) is 4.06. The van der Waals surface area contributed by atoms with Crippen molar-refractivity contribution in [3.05, 3.63) is 65.4 Å². The van der Waals surface area contributed by atoms with Gasteiger partial charge in [0.2, 0.25) is 5.91 Å². The Morgan fingerprint density at radius 1 is 1.15 bits per heavy atom. The molecule has 0 atom stereocenters. The minimum Gasteiger partial charge on any atom is -0.326 e. The van der Waals surface area contributed by atoms with Gasteiger partial charge >= 0.3 is 0 Å². The number of hydrogen-bond donors (Lipinski definition) is 3. The summed E-state index contributed by atoms with van der Waals surface area (Å²) >= 11 is 0. The molecule has 9 heteroatoms. The summed E-state index contributed by atoms with van der Waals surface area (Å²) in [5, 5.41) is 2.97. The number of hydrogen-bond acceptors (Lipinski definition) is 5. The highest BCUT2D eigenvalue weighted by molar-refractivity contribution is 7.89. The quantitative estimate of drug-likeness (QED) is 0.281. The molecule has 0 radical (unpaired) electrons. The number of nitrogens with one attached hydrogen (secondary N) is 2. The number of nitrogens with zero attached hydrogens (tertiary/aromatic N) is 1. The maximum Gasteiger partial charge on any atom is 0.253 e. The van der Waals surface area contributed by atoms with E-state index in [0.29, 0.717) is 24.1 Å². The molecule has 3 aromatic rings. The molecule has 34 heavy (non-hydrogen) atoms. The van der Waals surface area contributed by atoms with Crippen molar-refractivity contribution in [3.63, 3.8) is 0 Å². The lowest BCUT2D eigenvalue weighted by atomic mass is 9.77. The first-order valence-corrected chi connectivity index (χ1v) is 12.5. The summed E-state index contributed by atoms with van der Waals surface area (Å²) in [4.78, 5) is 26.8. The summed E-state index contributed by atoms with van der Waals surface area (Å²) < 4.78 is 26.0. The van der Waals surface area contributed by atoms with Gasteiger partial charge in [-0.25, -0.2) is 8.42 Å². The number of carbonyl (C=O) groups is 2. The van der Waals surface area contributed by atoms with E-state index in [1.807, 2.05) is 61.4 Å². The number of anilines is 1. The van der Waals surface area contributed by atoms with Gasteiger partial charge in [-0.05, 0) is 48.9 Å². The highest BCUT2D eigenvalue weighted by Crippen LogP contribution is 2.40. The molecule has 4 rings (SSSR count). The van der Waals surface area contributed by atoms with E-state index in [4.69, 9.17) is 5.84 Å². The molecule has 2 heterocycles. The average molecular weight is 481 g/mol. The van der Waals surface area contributed by atoms with E-state index in [0.717, 1.165) is 28.2 Å². The average Bonchev–Trinajstić information content (AvgIpc) is 3.14. The van der Waals surface area contributed by atoms with E-state index < -0.39 is 10.0 Å². The second-order valence-corrected chi connectivity index (χ2v) is 10.8. The molecule has 0 spiro atoms. The summed E-state index contributed by atoms with van der Waals surface area (Å²) in [6.07, 6.45) is 0.773. The van der Waals surface area contributed by atoms with E-state index >= 15 is 0 Å². The van der Waals surface area contributed by atoms with Crippen molar-refractivity contribution < 1.29 is 18.0 Å². The third-order valence-electron chi connectivity index (χ3n) is 6.35. The van der Waals surface area contributed by atoms with Crippen LogP contribution in [-0.2, 0) is 20.2 Å². The summed E-state index contributed by atoms with van der Waals surface area (Å²) in [5.74, 6) is 5.11. The van der Waals surface area contributed by atoms with Crippen LogP contribution >= 0.6 is 0 Å². The Morgan fingerprint density at radius 2 is 1.82 bits per heavy atom. The van der Waals surface area contributed by atoms with Gasteiger partial charge in [-0.1, -0.05) is 32.9 Å². The van der Waals surface area contributed by atoms with E-state index in [1.54, 1.807) is 12.1 Å². The summed E-state index contributed by atoms with van der Waals surface area (Å²) in [5.41, 5.74) is 5.16. The highest BCUT2D eigenvalue weighted by Gasteiger charge is 2.32. The van der Waals surface area contributed by atoms with E-state index in [1.165, 1.54) is 12.1 Å². The Balaban J connectivity index is 1.90. The zero-order chi connectivity index (χ0) is 24.8. The third-order valence-corrected chi connectivity index (χ3v) is 7.55. The first kappa shape index (κ1) is 23.9. The van der Waals surface area contributed by atoms with Gasteiger partial charge in [0.25, 0.3) is 10.0 Å². The van der Waals surface area contributed by atoms with E-state index in [2.05, 4.69) is 5.32 Å². The molecule has 4 N–H and O–H groups in total. The maximum absolute atomic E-state index is 12.7. The van der Waals surface area contributed by atoms with Crippen molar-refractivity contribution in [1.82, 2.24) is 9.40 Å².